The minimum Gasteiger partial charge on any atom is -0.466 e. The van der Waals surface area contributed by atoms with Crippen molar-refractivity contribution >= 4 is 11.9 Å². The largest absolute Gasteiger partial charge is 0.466 e. The fourth-order valence-electron chi connectivity index (χ4n) is 1.93. The molecule has 0 radical (unpaired) electrons. The van der Waals surface area contributed by atoms with Gasteiger partial charge >= 0.3 is 11.9 Å². The molecule has 0 aliphatic carbocycles. The van der Waals surface area contributed by atoms with Gasteiger partial charge in [0, 0.05) is 19.3 Å². The summed E-state index contributed by atoms with van der Waals surface area (Å²) in [4.78, 5) is 22.9. The van der Waals surface area contributed by atoms with Crippen molar-refractivity contribution in [1.29, 1.82) is 0 Å². The van der Waals surface area contributed by atoms with E-state index in [0.29, 0.717) is 26.1 Å². The van der Waals surface area contributed by atoms with Crippen LogP contribution < -0.4 is 0 Å². The van der Waals surface area contributed by atoms with Crippen molar-refractivity contribution in [3.63, 3.8) is 0 Å². The fourth-order valence-corrected chi connectivity index (χ4v) is 1.93. The fraction of sp³-hybridized carbons (Fsp3) is 0.778. The van der Waals surface area contributed by atoms with Gasteiger partial charge in [-0.1, -0.05) is 44.6 Å². The summed E-state index contributed by atoms with van der Waals surface area (Å²) in [7, 11) is 0. The number of carbonyl (C=O) groups is 2. The highest BCUT2D eigenvalue weighted by atomic mass is 16.5. The van der Waals surface area contributed by atoms with Crippen LogP contribution in [0.4, 0.5) is 0 Å². The quantitative estimate of drug-likeness (QED) is 0.268. The molecule has 0 heterocycles. The van der Waals surface area contributed by atoms with Crippen LogP contribution >= 0.6 is 0 Å². The maximum Gasteiger partial charge on any atom is 0.305 e. The number of esters is 2. The predicted octanol–water partition coefficient (Wildman–Crippen LogP) is 4.57. The van der Waals surface area contributed by atoms with Crippen LogP contribution in [0.15, 0.2) is 12.2 Å². The summed E-state index contributed by atoms with van der Waals surface area (Å²) in [6.07, 6.45) is 8.76. The van der Waals surface area contributed by atoms with Crippen LogP contribution in [0.1, 0.15) is 78.1 Å². The van der Waals surface area contributed by atoms with Gasteiger partial charge in [0.1, 0.15) is 0 Å². The summed E-state index contributed by atoms with van der Waals surface area (Å²) >= 11 is 0. The molecule has 128 valence electrons. The monoisotopic (exact) mass is 312 g/mol. The molecule has 4 nitrogen and oxygen atoms in total. The lowest BCUT2D eigenvalue weighted by atomic mass is 10.1. The minimum atomic E-state index is -0.259. The summed E-state index contributed by atoms with van der Waals surface area (Å²) < 4.78 is 10.2. The van der Waals surface area contributed by atoms with Gasteiger partial charge in [0.15, 0.2) is 0 Å². The topological polar surface area (TPSA) is 52.6 Å². The van der Waals surface area contributed by atoms with E-state index in [1.165, 1.54) is 25.7 Å². The highest BCUT2D eigenvalue weighted by Gasteiger charge is 2.07. The van der Waals surface area contributed by atoms with Gasteiger partial charge in [0.25, 0.3) is 0 Å². The van der Waals surface area contributed by atoms with Crippen molar-refractivity contribution in [2.75, 3.05) is 13.2 Å². The van der Waals surface area contributed by atoms with Crippen LogP contribution in [0.3, 0.4) is 0 Å². The van der Waals surface area contributed by atoms with Gasteiger partial charge in [0.05, 0.1) is 13.2 Å². The van der Waals surface area contributed by atoms with Gasteiger partial charge in [-0.05, 0) is 19.8 Å². The average Bonchev–Trinajstić information content (AvgIpc) is 2.46. The molecule has 0 fully saturated rings. The number of rotatable bonds is 14. The zero-order valence-electron chi connectivity index (χ0n) is 14.3. The molecule has 0 aromatic carbocycles. The molecule has 0 N–H and O–H groups in total. The Morgan fingerprint density at radius 3 is 1.91 bits per heavy atom. The van der Waals surface area contributed by atoms with Gasteiger partial charge < -0.3 is 9.47 Å². The van der Waals surface area contributed by atoms with Crippen molar-refractivity contribution < 1.29 is 19.1 Å². The lowest BCUT2D eigenvalue weighted by Gasteiger charge is -2.06. The maximum atomic E-state index is 11.5. The van der Waals surface area contributed by atoms with E-state index in [0.717, 1.165) is 18.4 Å². The van der Waals surface area contributed by atoms with Crippen molar-refractivity contribution in [3.05, 3.63) is 12.2 Å². The van der Waals surface area contributed by atoms with Crippen LogP contribution in [0.25, 0.3) is 0 Å². The smallest absolute Gasteiger partial charge is 0.305 e. The summed E-state index contributed by atoms with van der Waals surface area (Å²) in [6, 6.07) is 0. The molecule has 0 aromatic rings. The second kappa shape index (κ2) is 14.6. The zero-order chi connectivity index (χ0) is 16.6. The number of carbonyl (C=O) groups excluding carboxylic acids is 2. The molecule has 0 unspecified atom stereocenters. The Kier molecular flexibility index (Phi) is 13.7. The summed E-state index contributed by atoms with van der Waals surface area (Å²) in [6.45, 7) is 8.70. The SMILES string of the molecule is C=C(C)CCOC(=O)CCCC(=O)OCCCCCCCC. The second-order valence-electron chi connectivity index (χ2n) is 5.77. The third-order valence-corrected chi connectivity index (χ3v) is 3.31. The molecule has 22 heavy (non-hydrogen) atoms. The lowest BCUT2D eigenvalue weighted by Crippen LogP contribution is -2.09. The normalized spacial score (nSPS) is 10.3. The predicted molar refractivity (Wildman–Crippen MR) is 88.6 cm³/mol. The standard InChI is InChI=1S/C18H32O4/c1-4-5-6-7-8-9-14-21-17(19)11-10-12-18(20)22-15-13-16(2)3/h2,4-15H2,1,3H3. The molecule has 0 spiro atoms. The minimum absolute atomic E-state index is 0.219. The number of unbranched alkanes of at least 4 members (excludes halogenated alkanes) is 5. The Labute approximate surface area is 135 Å². The van der Waals surface area contributed by atoms with Gasteiger partial charge in [0.2, 0.25) is 0 Å². The molecule has 0 saturated carbocycles. The zero-order valence-corrected chi connectivity index (χ0v) is 14.3. The molecule has 0 amide bonds. The number of ether oxygens (including phenoxy) is 2. The van der Waals surface area contributed by atoms with Gasteiger partial charge in [-0.25, -0.2) is 0 Å². The molecule has 0 bridgehead atoms. The van der Waals surface area contributed by atoms with E-state index in [-0.39, 0.29) is 24.8 Å². The van der Waals surface area contributed by atoms with Crippen LogP contribution in [0, 0.1) is 0 Å². The molecule has 0 aromatic heterocycles. The van der Waals surface area contributed by atoms with Crippen molar-refractivity contribution in [2.24, 2.45) is 0 Å². The van der Waals surface area contributed by atoms with E-state index in [1.54, 1.807) is 0 Å². The van der Waals surface area contributed by atoms with E-state index in [2.05, 4.69) is 13.5 Å². The van der Waals surface area contributed by atoms with E-state index in [4.69, 9.17) is 9.47 Å². The van der Waals surface area contributed by atoms with E-state index in [1.807, 2.05) is 6.92 Å². The van der Waals surface area contributed by atoms with Crippen LogP contribution in [0.2, 0.25) is 0 Å². The molecular weight excluding hydrogens is 280 g/mol. The Morgan fingerprint density at radius 1 is 0.773 bits per heavy atom. The number of hydrogen-bond donors (Lipinski definition) is 0. The van der Waals surface area contributed by atoms with Crippen molar-refractivity contribution in [3.8, 4) is 0 Å². The summed E-state index contributed by atoms with van der Waals surface area (Å²) in [5, 5.41) is 0. The number of hydrogen-bond acceptors (Lipinski definition) is 4. The Balaban J connectivity index is 3.38. The van der Waals surface area contributed by atoms with E-state index < -0.39 is 0 Å². The first-order valence-electron chi connectivity index (χ1n) is 8.52. The Morgan fingerprint density at radius 2 is 1.32 bits per heavy atom. The highest BCUT2D eigenvalue weighted by Crippen LogP contribution is 2.06. The molecule has 0 aliphatic heterocycles. The summed E-state index contributed by atoms with van der Waals surface area (Å²) in [5.41, 5.74) is 0.992. The molecular formula is C18H32O4. The van der Waals surface area contributed by atoms with Gasteiger partial charge in [-0.15, -0.1) is 6.58 Å². The third kappa shape index (κ3) is 15.1. The molecule has 0 saturated heterocycles. The molecule has 0 atom stereocenters. The van der Waals surface area contributed by atoms with Crippen LogP contribution in [0.5, 0.6) is 0 Å². The van der Waals surface area contributed by atoms with Crippen molar-refractivity contribution in [2.45, 2.75) is 78.1 Å². The molecule has 0 rings (SSSR count). The highest BCUT2D eigenvalue weighted by molar-refractivity contribution is 5.72. The molecule has 4 heteroatoms. The lowest BCUT2D eigenvalue weighted by molar-refractivity contribution is -0.145. The molecule has 0 aliphatic rings. The maximum absolute atomic E-state index is 11.5. The van der Waals surface area contributed by atoms with Crippen LogP contribution in [-0.4, -0.2) is 25.2 Å². The first-order valence-corrected chi connectivity index (χ1v) is 8.52. The van der Waals surface area contributed by atoms with Gasteiger partial charge in [-0.3, -0.25) is 9.59 Å². The first kappa shape index (κ1) is 20.7. The van der Waals surface area contributed by atoms with Crippen LogP contribution in [-0.2, 0) is 19.1 Å². The van der Waals surface area contributed by atoms with Gasteiger partial charge in [-0.2, -0.15) is 0 Å². The Hall–Kier alpha value is -1.32. The van der Waals surface area contributed by atoms with E-state index >= 15 is 0 Å². The summed E-state index contributed by atoms with van der Waals surface area (Å²) in [5.74, 6) is -0.478. The Bertz CT molecular complexity index is 323. The third-order valence-electron chi connectivity index (χ3n) is 3.31. The first-order chi connectivity index (χ1) is 10.6. The van der Waals surface area contributed by atoms with Crippen molar-refractivity contribution in [1.82, 2.24) is 0 Å². The second-order valence-corrected chi connectivity index (χ2v) is 5.77. The average molecular weight is 312 g/mol. The van der Waals surface area contributed by atoms with E-state index in [9.17, 15) is 9.59 Å².